The van der Waals surface area contributed by atoms with E-state index in [1.54, 1.807) is 12.4 Å². The van der Waals surface area contributed by atoms with Crippen LogP contribution in [0.25, 0.3) is 0 Å². The Morgan fingerprint density at radius 1 is 1.33 bits per heavy atom. The van der Waals surface area contributed by atoms with Crippen molar-refractivity contribution in [3.8, 4) is 11.8 Å². The zero-order valence-electron chi connectivity index (χ0n) is 5.26. The molecule has 44 valence electrons. The highest BCUT2D eigenvalue weighted by molar-refractivity contribution is 5.30. The van der Waals surface area contributed by atoms with Gasteiger partial charge in [0.25, 0.3) is 0 Å². The Morgan fingerprint density at radius 2 is 2.00 bits per heavy atom. The Balaban J connectivity index is 2.94. The summed E-state index contributed by atoms with van der Waals surface area (Å²) in [5.74, 6) is 5.72. The molecule has 1 rings (SSSR count). The number of hydrogen-bond donors (Lipinski definition) is 0. The molecule has 9 heavy (non-hydrogen) atoms. The molecule has 0 fully saturated rings. The Hall–Kier alpha value is -1.29. The monoisotopic (exact) mass is 117 g/mol. The number of nitrogens with zero attached hydrogens (tertiary/aromatic N) is 1. The summed E-state index contributed by atoms with van der Waals surface area (Å²) in [7, 11) is 0. The van der Waals surface area contributed by atoms with E-state index >= 15 is 0 Å². The van der Waals surface area contributed by atoms with Gasteiger partial charge in [0.15, 0.2) is 0 Å². The molecule has 0 amide bonds. The van der Waals surface area contributed by atoms with Gasteiger partial charge in [0, 0.05) is 18.0 Å². The summed E-state index contributed by atoms with van der Waals surface area (Å²) in [5.41, 5.74) is 1.02. The number of rotatable bonds is 0. The summed E-state index contributed by atoms with van der Waals surface area (Å²) in [6.07, 6.45) is 3.47. The average molecular weight is 117 g/mol. The van der Waals surface area contributed by atoms with E-state index in [0.29, 0.717) is 0 Å². The van der Waals surface area contributed by atoms with Gasteiger partial charge in [-0.15, -0.1) is 5.92 Å². The van der Waals surface area contributed by atoms with E-state index in [9.17, 15) is 0 Å². The van der Waals surface area contributed by atoms with Gasteiger partial charge in [-0.3, -0.25) is 4.98 Å². The molecule has 1 heteroatoms. The van der Waals surface area contributed by atoms with E-state index in [4.69, 9.17) is 0 Å². The van der Waals surface area contributed by atoms with Gasteiger partial charge in [-0.25, -0.2) is 0 Å². The van der Waals surface area contributed by atoms with Crippen molar-refractivity contribution >= 4 is 0 Å². The average Bonchev–Trinajstić information content (AvgIpc) is 1.91. The van der Waals surface area contributed by atoms with Crippen LogP contribution in [0.5, 0.6) is 0 Å². The van der Waals surface area contributed by atoms with E-state index in [1.807, 2.05) is 19.1 Å². The van der Waals surface area contributed by atoms with Crippen molar-refractivity contribution < 1.29 is 0 Å². The molecule has 0 aliphatic carbocycles. The standard InChI is InChI=1S/C8H7N/c1-2-3-8-4-6-9-7-5-8/h4-7H,1H3. The maximum atomic E-state index is 3.86. The molecule has 0 unspecified atom stereocenters. The molecule has 0 aliphatic heterocycles. The van der Waals surface area contributed by atoms with E-state index in [0.717, 1.165) is 5.56 Å². The van der Waals surface area contributed by atoms with Gasteiger partial charge in [-0.05, 0) is 19.1 Å². The third-order valence-electron chi connectivity index (χ3n) is 0.950. The Labute approximate surface area is 54.7 Å². The van der Waals surface area contributed by atoms with Crippen LogP contribution in [-0.4, -0.2) is 4.98 Å². The molecule has 0 aliphatic rings. The molecule has 0 saturated carbocycles. The van der Waals surface area contributed by atoms with Crippen molar-refractivity contribution in [1.82, 2.24) is 4.98 Å². The fourth-order valence-corrected chi connectivity index (χ4v) is 0.580. The van der Waals surface area contributed by atoms with Crippen LogP contribution in [0.15, 0.2) is 24.5 Å². The normalized spacial score (nSPS) is 7.67. The van der Waals surface area contributed by atoms with Crippen molar-refractivity contribution in [3.05, 3.63) is 30.1 Å². The summed E-state index contributed by atoms with van der Waals surface area (Å²) in [6, 6.07) is 3.77. The molecule has 0 atom stereocenters. The molecule has 1 aromatic heterocycles. The van der Waals surface area contributed by atoms with Crippen LogP contribution in [0.4, 0.5) is 0 Å². The van der Waals surface area contributed by atoms with Gasteiger partial charge in [0.05, 0.1) is 0 Å². The summed E-state index contributed by atoms with van der Waals surface area (Å²) >= 11 is 0. The summed E-state index contributed by atoms with van der Waals surface area (Å²) < 4.78 is 0. The van der Waals surface area contributed by atoms with Crippen molar-refractivity contribution in [2.75, 3.05) is 0 Å². The fourth-order valence-electron chi connectivity index (χ4n) is 0.580. The van der Waals surface area contributed by atoms with E-state index in [-0.39, 0.29) is 0 Å². The molecular formula is C8H7N. The molecule has 0 aromatic carbocycles. The number of hydrogen-bond acceptors (Lipinski definition) is 1. The lowest BCUT2D eigenvalue weighted by Crippen LogP contribution is -1.72. The van der Waals surface area contributed by atoms with Crippen molar-refractivity contribution in [3.63, 3.8) is 0 Å². The summed E-state index contributed by atoms with van der Waals surface area (Å²) in [5, 5.41) is 0. The zero-order valence-corrected chi connectivity index (χ0v) is 5.26. The fraction of sp³-hybridized carbons (Fsp3) is 0.125. The third-order valence-corrected chi connectivity index (χ3v) is 0.950. The van der Waals surface area contributed by atoms with E-state index < -0.39 is 0 Å². The predicted molar refractivity (Wildman–Crippen MR) is 36.8 cm³/mol. The minimum Gasteiger partial charge on any atom is -0.265 e. The lowest BCUT2D eigenvalue weighted by Gasteiger charge is -1.83. The van der Waals surface area contributed by atoms with Gasteiger partial charge < -0.3 is 0 Å². The van der Waals surface area contributed by atoms with Crippen LogP contribution >= 0.6 is 0 Å². The SMILES string of the molecule is CC#Cc1ccncc1. The first-order valence-electron chi connectivity index (χ1n) is 2.76. The first-order chi connectivity index (χ1) is 4.43. The second kappa shape index (κ2) is 2.88. The zero-order chi connectivity index (χ0) is 6.53. The Bertz CT molecular complexity index is 228. The van der Waals surface area contributed by atoms with Crippen LogP contribution in [0, 0.1) is 11.8 Å². The van der Waals surface area contributed by atoms with Gasteiger partial charge >= 0.3 is 0 Å². The van der Waals surface area contributed by atoms with Crippen LogP contribution in [0.2, 0.25) is 0 Å². The first kappa shape index (κ1) is 5.84. The summed E-state index contributed by atoms with van der Waals surface area (Å²) in [6.45, 7) is 1.82. The Kier molecular flexibility index (Phi) is 1.87. The number of aromatic nitrogens is 1. The molecule has 0 saturated heterocycles. The highest BCUT2D eigenvalue weighted by Gasteiger charge is 1.78. The minimum atomic E-state index is 1.02. The molecule has 0 N–H and O–H groups in total. The first-order valence-corrected chi connectivity index (χ1v) is 2.76. The number of pyridine rings is 1. The maximum Gasteiger partial charge on any atom is 0.0280 e. The third kappa shape index (κ3) is 1.58. The van der Waals surface area contributed by atoms with E-state index in [2.05, 4.69) is 16.8 Å². The smallest absolute Gasteiger partial charge is 0.0280 e. The highest BCUT2D eigenvalue weighted by Crippen LogP contribution is 1.90. The quantitative estimate of drug-likeness (QED) is 0.469. The van der Waals surface area contributed by atoms with E-state index in [1.165, 1.54) is 0 Å². The van der Waals surface area contributed by atoms with Gasteiger partial charge in [-0.1, -0.05) is 5.92 Å². The lowest BCUT2D eigenvalue weighted by molar-refractivity contribution is 1.32. The molecule has 0 radical (unpaired) electrons. The van der Waals surface area contributed by atoms with Crippen LogP contribution in [0.3, 0.4) is 0 Å². The van der Waals surface area contributed by atoms with Crippen LogP contribution in [-0.2, 0) is 0 Å². The molecule has 0 spiro atoms. The summed E-state index contributed by atoms with van der Waals surface area (Å²) in [4.78, 5) is 3.86. The predicted octanol–water partition coefficient (Wildman–Crippen LogP) is 1.45. The van der Waals surface area contributed by atoms with Crippen LogP contribution in [0.1, 0.15) is 12.5 Å². The van der Waals surface area contributed by atoms with Gasteiger partial charge in [0.2, 0.25) is 0 Å². The van der Waals surface area contributed by atoms with Crippen LogP contribution < -0.4 is 0 Å². The molecule has 1 aromatic rings. The topological polar surface area (TPSA) is 12.9 Å². The van der Waals surface area contributed by atoms with Gasteiger partial charge in [0.1, 0.15) is 0 Å². The maximum absolute atomic E-state index is 3.86. The molecular weight excluding hydrogens is 110 g/mol. The largest absolute Gasteiger partial charge is 0.265 e. The second-order valence-electron chi connectivity index (χ2n) is 1.61. The Morgan fingerprint density at radius 3 is 2.56 bits per heavy atom. The minimum absolute atomic E-state index is 1.02. The van der Waals surface area contributed by atoms with Crippen molar-refractivity contribution in [2.24, 2.45) is 0 Å². The molecule has 1 heterocycles. The lowest BCUT2D eigenvalue weighted by atomic mass is 10.3. The molecule has 1 nitrogen and oxygen atoms in total. The van der Waals surface area contributed by atoms with Crippen molar-refractivity contribution in [2.45, 2.75) is 6.92 Å². The molecule has 0 bridgehead atoms. The second-order valence-corrected chi connectivity index (χ2v) is 1.61. The van der Waals surface area contributed by atoms with Gasteiger partial charge in [-0.2, -0.15) is 0 Å². The van der Waals surface area contributed by atoms with Crippen molar-refractivity contribution in [1.29, 1.82) is 0 Å². The highest BCUT2D eigenvalue weighted by atomic mass is 14.6.